The topological polar surface area (TPSA) is 104 Å². The smallest absolute Gasteiger partial charge is 0.465 e. The zero-order valence-electron chi connectivity index (χ0n) is 6.79. The molecule has 0 aliphatic heterocycles. The minimum atomic E-state index is -1.34. The normalized spacial score (nSPS) is 8.15. The molecule has 0 saturated heterocycles. The quantitative estimate of drug-likeness (QED) is 0.418. The molecule has 0 bridgehead atoms. The van der Waals surface area contributed by atoms with E-state index in [1.54, 1.807) is 24.3 Å². The van der Waals surface area contributed by atoms with Crippen LogP contribution in [0.1, 0.15) is 0 Å². The molecule has 0 aliphatic rings. The van der Waals surface area contributed by atoms with E-state index in [0.717, 1.165) is 0 Å². The SMILES string of the molecule is NC(=O)O.OB(O)c1ccccc1. The van der Waals surface area contributed by atoms with Gasteiger partial charge in [0.05, 0.1) is 0 Å². The first-order chi connectivity index (χ1) is 6.04. The van der Waals surface area contributed by atoms with Crippen LogP contribution in [0.3, 0.4) is 0 Å². The third kappa shape index (κ3) is 6.86. The molecule has 1 aromatic carbocycles. The van der Waals surface area contributed by atoms with Crippen LogP contribution in [0.4, 0.5) is 4.79 Å². The highest BCUT2D eigenvalue weighted by atomic mass is 16.4. The molecule has 0 saturated carbocycles. The number of hydrogen-bond acceptors (Lipinski definition) is 3. The fourth-order valence-corrected chi connectivity index (χ4v) is 0.625. The molecule has 70 valence electrons. The van der Waals surface area contributed by atoms with Gasteiger partial charge in [0, 0.05) is 0 Å². The molecule has 13 heavy (non-hydrogen) atoms. The Labute approximate surface area is 75.6 Å². The maximum absolute atomic E-state index is 8.78. The number of carbonyl (C=O) groups is 1. The van der Waals surface area contributed by atoms with E-state index in [1.165, 1.54) is 0 Å². The average molecular weight is 183 g/mol. The summed E-state index contributed by atoms with van der Waals surface area (Å²) in [4.78, 5) is 8.78. The van der Waals surface area contributed by atoms with Gasteiger partial charge in [-0.25, -0.2) is 4.79 Å². The standard InChI is InChI=1S/C6H7BO2.CH3NO2/c8-7(9)6-4-2-1-3-5-6;2-1(3)4/h1-5,8-9H;2H2,(H,3,4). The molecule has 0 aromatic heterocycles. The Balaban J connectivity index is 0.000000310. The van der Waals surface area contributed by atoms with Gasteiger partial charge in [0.1, 0.15) is 0 Å². The van der Waals surface area contributed by atoms with Crippen LogP contribution < -0.4 is 11.2 Å². The number of benzene rings is 1. The van der Waals surface area contributed by atoms with E-state index < -0.39 is 13.2 Å². The van der Waals surface area contributed by atoms with E-state index in [4.69, 9.17) is 19.9 Å². The average Bonchev–Trinajstić information content (AvgIpc) is 2.05. The summed E-state index contributed by atoms with van der Waals surface area (Å²) >= 11 is 0. The molecule has 5 nitrogen and oxygen atoms in total. The highest BCUT2D eigenvalue weighted by molar-refractivity contribution is 6.58. The van der Waals surface area contributed by atoms with Gasteiger partial charge in [0.2, 0.25) is 0 Å². The third-order valence-corrected chi connectivity index (χ3v) is 1.10. The summed E-state index contributed by atoms with van der Waals surface area (Å²) in [5, 5.41) is 24.4. The molecule has 1 rings (SSSR count). The second-order valence-corrected chi connectivity index (χ2v) is 2.12. The van der Waals surface area contributed by atoms with E-state index in [2.05, 4.69) is 5.73 Å². The Morgan fingerprint density at radius 3 is 1.85 bits per heavy atom. The Morgan fingerprint density at radius 2 is 1.62 bits per heavy atom. The largest absolute Gasteiger partial charge is 0.488 e. The first-order valence-corrected chi connectivity index (χ1v) is 3.43. The second-order valence-electron chi connectivity index (χ2n) is 2.12. The van der Waals surface area contributed by atoms with Crippen LogP contribution in [0.5, 0.6) is 0 Å². The van der Waals surface area contributed by atoms with Crippen molar-refractivity contribution < 1.29 is 19.9 Å². The van der Waals surface area contributed by atoms with E-state index in [9.17, 15) is 0 Å². The Hall–Kier alpha value is -1.53. The predicted octanol–water partition coefficient (Wildman–Crippen LogP) is -1.01. The first-order valence-electron chi connectivity index (χ1n) is 3.43. The molecule has 0 unspecified atom stereocenters. The summed E-state index contributed by atoms with van der Waals surface area (Å²) in [6.07, 6.45) is -1.33. The number of rotatable bonds is 1. The number of carboxylic acid groups (broad SMARTS) is 1. The van der Waals surface area contributed by atoms with Crippen molar-refractivity contribution in [3.63, 3.8) is 0 Å². The van der Waals surface area contributed by atoms with Crippen LogP contribution in [0, 0.1) is 0 Å². The molecule has 1 aromatic rings. The van der Waals surface area contributed by atoms with Gasteiger partial charge in [-0.1, -0.05) is 30.3 Å². The molecular weight excluding hydrogens is 173 g/mol. The molecule has 0 aliphatic carbocycles. The van der Waals surface area contributed by atoms with E-state index in [-0.39, 0.29) is 0 Å². The predicted molar refractivity (Wildman–Crippen MR) is 48.5 cm³/mol. The van der Waals surface area contributed by atoms with E-state index >= 15 is 0 Å². The molecule has 6 heteroatoms. The number of primary amides is 1. The number of nitrogens with two attached hydrogens (primary N) is 1. The summed E-state index contributed by atoms with van der Waals surface area (Å²) in [5.74, 6) is 0. The lowest BCUT2D eigenvalue weighted by atomic mass is 9.81. The van der Waals surface area contributed by atoms with Crippen molar-refractivity contribution in [1.29, 1.82) is 0 Å². The van der Waals surface area contributed by atoms with Gasteiger partial charge in [-0.3, -0.25) is 0 Å². The van der Waals surface area contributed by atoms with Crippen molar-refractivity contribution in [2.24, 2.45) is 5.73 Å². The van der Waals surface area contributed by atoms with Gasteiger partial charge >= 0.3 is 13.2 Å². The molecule has 0 radical (unpaired) electrons. The van der Waals surface area contributed by atoms with Gasteiger partial charge in [0.15, 0.2) is 0 Å². The van der Waals surface area contributed by atoms with Gasteiger partial charge in [-0.15, -0.1) is 0 Å². The minimum Gasteiger partial charge on any atom is -0.465 e. The monoisotopic (exact) mass is 183 g/mol. The van der Waals surface area contributed by atoms with Gasteiger partial charge in [0.25, 0.3) is 0 Å². The Morgan fingerprint density at radius 1 is 1.23 bits per heavy atom. The Kier molecular flexibility index (Phi) is 5.33. The van der Waals surface area contributed by atoms with E-state index in [0.29, 0.717) is 5.46 Å². The maximum Gasteiger partial charge on any atom is 0.488 e. The van der Waals surface area contributed by atoms with Crippen LogP contribution in [-0.2, 0) is 0 Å². The fourth-order valence-electron chi connectivity index (χ4n) is 0.625. The number of amides is 1. The molecule has 0 atom stereocenters. The van der Waals surface area contributed by atoms with Crippen molar-refractivity contribution in [2.45, 2.75) is 0 Å². The van der Waals surface area contributed by atoms with Crippen molar-refractivity contribution in [1.82, 2.24) is 0 Å². The van der Waals surface area contributed by atoms with Crippen LogP contribution >= 0.6 is 0 Å². The summed E-state index contributed by atoms with van der Waals surface area (Å²) in [6.45, 7) is 0. The highest BCUT2D eigenvalue weighted by Crippen LogP contribution is 1.82. The van der Waals surface area contributed by atoms with Crippen molar-refractivity contribution in [2.75, 3.05) is 0 Å². The summed E-state index contributed by atoms with van der Waals surface area (Å²) in [7, 11) is -1.34. The van der Waals surface area contributed by atoms with Gasteiger partial charge in [-0.2, -0.15) is 0 Å². The lowest BCUT2D eigenvalue weighted by molar-refractivity contribution is 0.205. The van der Waals surface area contributed by atoms with Crippen molar-refractivity contribution in [3.05, 3.63) is 30.3 Å². The van der Waals surface area contributed by atoms with Gasteiger partial charge < -0.3 is 20.9 Å². The first kappa shape index (κ1) is 11.5. The highest BCUT2D eigenvalue weighted by Gasteiger charge is 2.07. The van der Waals surface area contributed by atoms with Crippen LogP contribution in [0.2, 0.25) is 0 Å². The molecule has 1 amide bonds. The molecule has 0 fully saturated rings. The summed E-state index contributed by atoms with van der Waals surface area (Å²) < 4.78 is 0. The Bertz CT molecular complexity index is 248. The summed E-state index contributed by atoms with van der Waals surface area (Å²) in [6, 6.07) is 8.66. The zero-order chi connectivity index (χ0) is 10.3. The lowest BCUT2D eigenvalue weighted by Gasteiger charge is -1.94. The number of hydrogen-bond donors (Lipinski definition) is 4. The van der Waals surface area contributed by atoms with Crippen molar-refractivity contribution in [3.8, 4) is 0 Å². The maximum atomic E-state index is 8.78. The molecule has 0 spiro atoms. The van der Waals surface area contributed by atoms with Crippen LogP contribution in [-0.4, -0.2) is 28.4 Å². The van der Waals surface area contributed by atoms with E-state index in [1.807, 2.05) is 6.07 Å². The minimum absolute atomic E-state index is 0.525. The van der Waals surface area contributed by atoms with Gasteiger partial charge in [-0.05, 0) is 5.46 Å². The third-order valence-electron chi connectivity index (χ3n) is 1.10. The second kappa shape index (κ2) is 6.04. The zero-order valence-corrected chi connectivity index (χ0v) is 6.79. The van der Waals surface area contributed by atoms with Crippen molar-refractivity contribution >= 4 is 18.7 Å². The molecule has 0 heterocycles. The van der Waals surface area contributed by atoms with Crippen LogP contribution in [0.15, 0.2) is 30.3 Å². The fraction of sp³-hybridized carbons (Fsp3) is 0. The summed E-state index contributed by atoms with van der Waals surface area (Å²) in [5.41, 5.74) is 4.55. The molecule has 5 N–H and O–H groups in total. The van der Waals surface area contributed by atoms with Crippen LogP contribution in [0.25, 0.3) is 0 Å². The lowest BCUT2D eigenvalue weighted by Crippen LogP contribution is -2.29. The molecular formula is C7H10BNO4.